The summed E-state index contributed by atoms with van der Waals surface area (Å²) in [5.41, 5.74) is 1.14. The van der Waals surface area contributed by atoms with Gasteiger partial charge in [0.25, 0.3) is 0 Å². The van der Waals surface area contributed by atoms with Crippen molar-refractivity contribution in [1.82, 2.24) is 15.1 Å². The van der Waals surface area contributed by atoms with Gasteiger partial charge in [-0.15, -0.1) is 10.2 Å². The molecule has 0 spiro atoms. The maximum Gasteiger partial charge on any atom is 0.233 e. The average Bonchev–Trinajstić information content (AvgIpc) is 3.25. The Morgan fingerprint density at radius 2 is 1.81 bits per heavy atom. The van der Waals surface area contributed by atoms with Crippen LogP contribution in [0.2, 0.25) is 0 Å². The molecule has 2 amide bonds. The molecule has 2 heterocycles. The predicted octanol–water partition coefficient (Wildman–Crippen LogP) is 3.36. The zero-order chi connectivity index (χ0) is 22.2. The third-order valence-electron chi connectivity index (χ3n) is 5.38. The quantitative estimate of drug-likeness (QED) is 0.451. The number of hydrogen-bond donors (Lipinski definition) is 1. The fraction of sp³-hybridized carbons (Fsp3) is 0.524. The highest BCUT2D eigenvalue weighted by Crippen LogP contribution is 2.27. The SMILES string of the molecule is CCC(CC)C(=O)Nc1nnc(SCC(=O)N2CCN(c3ccc(OC)cc3)CC2)s1. The number of carbonyl (C=O) groups excluding carboxylic acids is 2. The number of nitrogens with zero attached hydrogens (tertiary/aromatic N) is 4. The molecule has 0 atom stereocenters. The number of benzene rings is 1. The van der Waals surface area contributed by atoms with Crippen LogP contribution < -0.4 is 15.0 Å². The van der Waals surface area contributed by atoms with Crippen molar-refractivity contribution in [1.29, 1.82) is 0 Å². The summed E-state index contributed by atoms with van der Waals surface area (Å²) in [4.78, 5) is 28.9. The molecular weight excluding hydrogens is 434 g/mol. The van der Waals surface area contributed by atoms with Gasteiger partial charge in [0.05, 0.1) is 12.9 Å². The molecular formula is C21H29N5O3S2. The first-order valence-electron chi connectivity index (χ1n) is 10.5. The summed E-state index contributed by atoms with van der Waals surface area (Å²) in [7, 11) is 1.66. The molecule has 1 fully saturated rings. The van der Waals surface area contributed by atoms with E-state index in [9.17, 15) is 9.59 Å². The minimum Gasteiger partial charge on any atom is -0.497 e. The Morgan fingerprint density at radius 3 is 2.42 bits per heavy atom. The Hall–Kier alpha value is -2.33. The van der Waals surface area contributed by atoms with Gasteiger partial charge < -0.3 is 19.9 Å². The third kappa shape index (κ3) is 6.33. The van der Waals surface area contributed by atoms with Crippen LogP contribution in [0.25, 0.3) is 0 Å². The molecule has 1 N–H and O–H groups in total. The van der Waals surface area contributed by atoms with Crippen molar-refractivity contribution >= 4 is 45.7 Å². The van der Waals surface area contributed by atoms with Crippen LogP contribution in [-0.2, 0) is 9.59 Å². The maximum absolute atomic E-state index is 12.6. The van der Waals surface area contributed by atoms with Crippen molar-refractivity contribution in [3.05, 3.63) is 24.3 Å². The standard InChI is InChI=1S/C21H29N5O3S2/c1-4-15(5-2)19(28)22-20-23-24-21(31-20)30-14-18(27)26-12-10-25(11-13-26)16-6-8-17(29-3)9-7-16/h6-9,15H,4-5,10-14H2,1-3H3,(H,22,23,28). The Balaban J connectivity index is 1.43. The average molecular weight is 464 g/mol. The molecule has 1 aliphatic heterocycles. The monoisotopic (exact) mass is 463 g/mol. The molecule has 1 aromatic heterocycles. The molecule has 1 saturated heterocycles. The van der Waals surface area contributed by atoms with E-state index in [1.54, 1.807) is 7.11 Å². The molecule has 0 bridgehead atoms. The largest absolute Gasteiger partial charge is 0.497 e. The number of piperazine rings is 1. The zero-order valence-corrected chi connectivity index (χ0v) is 19.8. The maximum atomic E-state index is 12.6. The van der Waals surface area contributed by atoms with Gasteiger partial charge in [0.1, 0.15) is 5.75 Å². The first-order valence-corrected chi connectivity index (χ1v) is 12.3. The first kappa shape index (κ1) is 23.3. The van der Waals surface area contributed by atoms with Crippen LogP contribution in [0.15, 0.2) is 28.6 Å². The predicted molar refractivity (Wildman–Crippen MR) is 125 cm³/mol. The van der Waals surface area contributed by atoms with Crippen LogP contribution in [0.3, 0.4) is 0 Å². The molecule has 2 aromatic rings. The zero-order valence-electron chi connectivity index (χ0n) is 18.2. The lowest BCUT2D eigenvalue weighted by Gasteiger charge is -2.36. The van der Waals surface area contributed by atoms with Gasteiger partial charge in [-0.1, -0.05) is 36.9 Å². The molecule has 1 aliphatic rings. The lowest BCUT2D eigenvalue weighted by atomic mass is 10.0. The first-order chi connectivity index (χ1) is 15.0. The van der Waals surface area contributed by atoms with E-state index in [4.69, 9.17) is 4.74 Å². The molecule has 0 unspecified atom stereocenters. The molecule has 10 heteroatoms. The van der Waals surface area contributed by atoms with E-state index in [-0.39, 0.29) is 17.7 Å². The summed E-state index contributed by atoms with van der Waals surface area (Å²) >= 11 is 2.67. The number of ether oxygens (including phenoxy) is 1. The van der Waals surface area contributed by atoms with Crippen LogP contribution in [0.1, 0.15) is 26.7 Å². The smallest absolute Gasteiger partial charge is 0.233 e. The summed E-state index contributed by atoms with van der Waals surface area (Å²) in [6.45, 7) is 6.98. The highest BCUT2D eigenvalue weighted by molar-refractivity contribution is 8.01. The lowest BCUT2D eigenvalue weighted by Crippen LogP contribution is -2.49. The number of amides is 2. The third-order valence-corrected chi connectivity index (χ3v) is 7.34. The number of hydrogen-bond acceptors (Lipinski definition) is 8. The molecule has 168 valence electrons. The minimum absolute atomic E-state index is 0.0156. The van der Waals surface area contributed by atoms with Gasteiger partial charge >= 0.3 is 0 Å². The van der Waals surface area contributed by atoms with Crippen LogP contribution in [0.5, 0.6) is 5.75 Å². The highest BCUT2D eigenvalue weighted by Gasteiger charge is 2.22. The van der Waals surface area contributed by atoms with E-state index >= 15 is 0 Å². The van der Waals surface area contributed by atoms with Crippen molar-refractivity contribution in [3.63, 3.8) is 0 Å². The van der Waals surface area contributed by atoms with Crippen molar-refractivity contribution in [3.8, 4) is 5.75 Å². The summed E-state index contributed by atoms with van der Waals surface area (Å²) in [5, 5.41) is 11.4. The van der Waals surface area contributed by atoms with Crippen LogP contribution in [0.4, 0.5) is 10.8 Å². The van der Waals surface area contributed by atoms with Gasteiger partial charge in [0, 0.05) is 37.8 Å². The van der Waals surface area contributed by atoms with E-state index in [2.05, 4.69) is 20.4 Å². The van der Waals surface area contributed by atoms with E-state index in [1.807, 2.05) is 43.0 Å². The molecule has 3 rings (SSSR count). The number of nitrogens with one attached hydrogen (secondary N) is 1. The van der Waals surface area contributed by atoms with Crippen molar-refractivity contribution < 1.29 is 14.3 Å². The van der Waals surface area contributed by atoms with Crippen LogP contribution in [-0.4, -0.2) is 66.0 Å². The summed E-state index contributed by atoms with van der Waals surface area (Å²) in [5.74, 6) is 1.21. The number of carbonyl (C=O) groups is 2. The molecule has 8 nitrogen and oxygen atoms in total. The van der Waals surface area contributed by atoms with Crippen LogP contribution in [0, 0.1) is 5.92 Å². The van der Waals surface area contributed by atoms with E-state index < -0.39 is 0 Å². The molecule has 0 saturated carbocycles. The summed E-state index contributed by atoms with van der Waals surface area (Å²) in [6.07, 6.45) is 1.59. The Labute approximate surface area is 191 Å². The van der Waals surface area contributed by atoms with E-state index in [1.165, 1.54) is 23.1 Å². The number of thioether (sulfide) groups is 1. The second-order valence-electron chi connectivity index (χ2n) is 7.23. The van der Waals surface area contributed by atoms with Crippen LogP contribution >= 0.6 is 23.1 Å². The van der Waals surface area contributed by atoms with Gasteiger partial charge in [0.15, 0.2) is 4.34 Å². The Bertz CT molecular complexity index is 862. The second-order valence-corrected chi connectivity index (χ2v) is 9.43. The van der Waals surface area contributed by atoms with E-state index in [0.717, 1.165) is 37.4 Å². The fourth-order valence-corrected chi connectivity index (χ4v) is 5.07. The summed E-state index contributed by atoms with van der Waals surface area (Å²) < 4.78 is 5.89. The number of methoxy groups -OCH3 is 1. The number of anilines is 2. The molecule has 0 radical (unpaired) electrons. The van der Waals surface area contributed by atoms with Crippen molar-refractivity contribution in [2.75, 3.05) is 49.3 Å². The van der Waals surface area contributed by atoms with Gasteiger partial charge in [-0.05, 0) is 37.1 Å². The Kier molecular flexibility index (Phi) is 8.53. The van der Waals surface area contributed by atoms with Gasteiger partial charge in [0.2, 0.25) is 16.9 Å². The van der Waals surface area contributed by atoms with Gasteiger partial charge in [-0.2, -0.15) is 0 Å². The topological polar surface area (TPSA) is 87.7 Å². The van der Waals surface area contributed by atoms with Crippen molar-refractivity contribution in [2.24, 2.45) is 5.92 Å². The number of aromatic nitrogens is 2. The van der Waals surface area contributed by atoms with Crippen molar-refractivity contribution in [2.45, 2.75) is 31.0 Å². The number of rotatable bonds is 9. The summed E-state index contributed by atoms with van der Waals surface area (Å²) in [6, 6.07) is 7.99. The fourth-order valence-electron chi connectivity index (χ4n) is 3.41. The highest BCUT2D eigenvalue weighted by atomic mass is 32.2. The second kappa shape index (κ2) is 11.3. The van der Waals surface area contributed by atoms with Gasteiger partial charge in [-0.25, -0.2) is 0 Å². The minimum atomic E-state index is -0.0245. The normalized spacial score (nSPS) is 14.1. The molecule has 1 aromatic carbocycles. The molecule has 0 aliphatic carbocycles. The lowest BCUT2D eigenvalue weighted by molar-refractivity contribution is -0.128. The molecule has 31 heavy (non-hydrogen) atoms. The Morgan fingerprint density at radius 1 is 1.13 bits per heavy atom. The van der Waals surface area contributed by atoms with E-state index in [0.29, 0.717) is 28.3 Å². The van der Waals surface area contributed by atoms with Gasteiger partial charge in [-0.3, -0.25) is 9.59 Å².